The highest BCUT2D eigenvalue weighted by Crippen LogP contribution is 2.34. The first-order chi connectivity index (χ1) is 13.1. The predicted molar refractivity (Wildman–Crippen MR) is 99.3 cm³/mol. The third-order valence-corrected chi connectivity index (χ3v) is 4.70. The molecule has 2 heterocycles. The van der Waals surface area contributed by atoms with Gasteiger partial charge in [0.2, 0.25) is 5.82 Å². The molecule has 1 amide bonds. The number of benzene rings is 1. The van der Waals surface area contributed by atoms with Gasteiger partial charge < -0.3 is 19.1 Å². The SMILES string of the molecule is CC(C)n1c(C(F)(F)F)nc2cc(C(=O)N3CCOC(CN(C)C)C3)ccc21. The second-order valence-electron chi connectivity index (χ2n) is 7.61. The largest absolute Gasteiger partial charge is 0.449 e. The van der Waals surface area contributed by atoms with Gasteiger partial charge in [0.15, 0.2) is 0 Å². The third kappa shape index (κ3) is 4.15. The quantitative estimate of drug-likeness (QED) is 0.795. The van der Waals surface area contributed by atoms with Crippen LogP contribution < -0.4 is 0 Å². The zero-order valence-corrected chi connectivity index (χ0v) is 16.5. The number of rotatable bonds is 4. The number of hydrogen-bond acceptors (Lipinski definition) is 4. The van der Waals surface area contributed by atoms with E-state index in [1.807, 2.05) is 19.0 Å². The van der Waals surface area contributed by atoms with E-state index in [9.17, 15) is 18.0 Å². The van der Waals surface area contributed by atoms with E-state index in [-0.39, 0.29) is 17.5 Å². The van der Waals surface area contributed by atoms with Crippen LogP contribution in [-0.4, -0.2) is 71.7 Å². The Labute approximate surface area is 161 Å². The summed E-state index contributed by atoms with van der Waals surface area (Å²) in [5.74, 6) is -1.17. The second-order valence-corrected chi connectivity index (χ2v) is 7.61. The van der Waals surface area contributed by atoms with Gasteiger partial charge in [0.05, 0.1) is 23.7 Å². The van der Waals surface area contributed by atoms with Crippen LogP contribution in [0.2, 0.25) is 0 Å². The first kappa shape index (κ1) is 20.6. The number of fused-ring (bicyclic) bond motifs is 1. The Morgan fingerprint density at radius 3 is 2.68 bits per heavy atom. The summed E-state index contributed by atoms with van der Waals surface area (Å²) in [6.07, 6.45) is -4.65. The molecule has 1 atom stereocenters. The Hall–Kier alpha value is -2.13. The van der Waals surface area contributed by atoms with Gasteiger partial charge in [-0.05, 0) is 46.1 Å². The van der Waals surface area contributed by atoms with Crippen molar-refractivity contribution in [1.82, 2.24) is 19.4 Å². The number of morpholine rings is 1. The molecule has 0 aliphatic carbocycles. The number of nitrogens with zero attached hydrogens (tertiary/aromatic N) is 4. The molecule has 154 valence electrons. The molecular weight excluding hydrogens is 373 g/mol. The molecule has 1 aromatic carbocycles. The average molecular weight is 398 g/mol. The second kappa shape index (κ2) is 7.71. The summed E-state index contributed by atoms with van der Waals surface area (Å²) in [5, 5.41) is 0. The van der Waals surface area contributed by atoms with Gasteiger partial charge in [0.25, 0.3) is 5.91 Å². The van der Waals surface area contributed by atoms with Gasteiger partial charge in [-0.1, -0.05) is 0 Å². The molecule has 1 unspecified atom stereocenters. The van der Waals surface area contributed by atoms with Gasteiger partial charge >= 0.3 is 6.18 Å². The van der Waals surface area contributed by atoms with Crippen LogP contribution in [0, 0.1) is 0 Å². The number of hydrogen-bond donors (Lipinski definition) is 0. The molecule has 1 aliphatic heterocycles. The van der Waals surface area contributed by atoms with Crippen molar-refractivity contribution >= 4 is 16.9 Å². The standard InChI is InChI=1S/C19H25F3N4O2/c1-12(2)26-16-6-5-13(9-15(16)23-18(26)19(20,21)22)17(27)25-7-8-28-14(11-25)10-24(3)4/h5-6,9,12,14H,7-8,10-11H2,1-4H3. The highest BCUT2D eigenvalue weighted by atomic mass is 19.4. The first-order valence-corrected chi connectivity index (χ1v) is 9.22. The van der Waals surface area contributed by atoms with Crippen molar-refractivity contribution in [3.05, 3.63) is 29.6 Å². The Morgan fingerprint density at radius 2 is 2.07 bits per heavy atom. The van der Waals surface area contributed by atoms with Gasteiger partial charge in [0, 0.05) is 31.2 Å². The summed E-state index contributed by atoms with van der Waals surface area (Å²) in [5.41, 5.74) is 0.872. The van der Waals surface area contributed by atoms with E-state index in [0.717, 1.165) is 4.57 Å². The van der Waals surface area contributed by atoms with Gasteiger partial charge in [0.1, 0.15) is 0 Å². The molecule has 0 bridgehead atoms. The lowest BCUT2D eigenvalue weighted by atomic mass is 10.1. The monoisotopic (exact) mass is 398 g/mol. The van der Waals surface area contributed by atoms with Crippen molar-refractivity contribution in [2.24, 2.45) is 0 Å². The van der Waals surface area contributed by atoms with E-state index >= 15 is 0 Å². The minimum Gasteiger partial charge on any atom is -0.373 e. The van der Waals surface area contributed by atoms with Gasteiger partial charge in [-0.15, -0.1) is 0 Å². The number of likely N-dealkylation sites (N-methyl/N-ethyl adjacent to an activating group) is 1. The summed E-state index contributed by atoms with van der Waals surface area (Å²) in [7, 11) is 3.86. The van der Waals surface area contributed by atoms with E-state index in [1.165, 1.54) is 6.07 Å². The number of alkyl halides is 3. The minimum atomic E-state index is -4.56. The Balaban J connectivity index is 1.91. The molecule has 9 heteroatoms. The summed E-state index contributed by atoms with van der Waals surface area (Å²) in [6, 6.07) is 4.15. The third-order valence-electron chi connectivity index (χ3n) is 4.70. The van der Waals surface area contributed by atoms with Gasteiger partial charge in [-0.3, -0.25) is 4.79 Å². The maximum atomic E-state index is 13.4. The lowest BCUT2D eigenvalue weighted by molar-refractivity contribution is -0.147. The number of carbonyl (C=O) groups is 1. The lowest BCUT2D eigenvalue weighted by Crippen LogP contribution is -2.48. The molecule has 0 radical (unpaired) electrons. The fourth-order valence-electron chi connectivity index (χ4n) is 3.56. The van der Waals surface area contributed by atoms with E-state index in [4.69, 9.17) is 4.74 Å². The Kier molecular flexibility index (Phi) is 5.67. The number of amides is 1. The number of carbonyl (C=O) groups excluding carboxylic acids is 1. The molecular formula is C19H25F3N4O2. The molecule has 0 saturated carbocycles. The van der Waals surface area contributed by atoms with Crippen molar-refractivity contribution in [2.45, 2.75) is 32.2 Å². The topological polar surface area (TPSA) is 50.6 Å². The van der Waals surface area contributed by atoms with Crippen LogP contribution >= 0.6 is 0 Å². The van der Waals surface area contributed by atoms with Gasteiger partial charge in [-0.2, -0.15) is 13.2 Å². The predicted octanol–water partition coefficient (Wildman–Crippen LogP) is 3.04. The summed E-state index contributed by atoms with van der Waals surface area (Å²) in [4.78, 5) is 20.4. The molecule has 1 aromatic heterocycles. The lowest BCUT2D eigenvalue weighted by Gasteiger charge is -2.34. The fraction of sp³-hybridized carbons (Fsp3) is 0.579. The van der Waals surface area contributed by atoms with Crippen LogP contribution in [0.5, 0.6) is 0 Å². The minimum absolute atomic E-state index is 0.0894. The van der Waals surface area contributed by atoms with Crippen LogP contribution in [-0.2, 0) is 10.9 Å². The van der Waals surface area contributed by atoms with Gasteiger partial charge in [-0.25, -0.2) is 4.98 Å². The van der Waals surface area contributed by atoms with E-state index < -0.39 is 18.0 Å². The number of ether oxygens (including phenoxy) is 1. The molecule has 1 saturated heterocycles. The summed E-state index contributed by atoms with van der Waals surface area (Å²) < 4.78 is 46.9. The molecule has 1 aliphatic rings. The Morgan fingerprint density at radius 1 is 1.36 bits per heavy atom. The fourth-order valence-corrected chi connectivity index (χ4v) is 3.56. The highest BCUT2D eigenvalue weighted by molar-refractivity contribution is 5.97. The number of halogens is 3. The van der Waals surface area contributed by atoms with E-state index in [1.54, 1.807) is 30.9 Å². The van der Waals surface area contributed by atoms with Crippen LogP contribution in [0.4, 0.5) is 13.2 Å². The van der Waals surface area contributed by atoms with Crippen molar-refractivity contribution in [3.63, 3.8) is 0 Å². The zero-order valence-electron chi connectivity index (χ0n) is 16.5. The number of aromatic nitrogens is 2. The molecule has 0 spiro atoms. The van der Waals surface area contributed by atoms with Crippen molar-refractivity contribution in [3.8, 4) is 0 Å². The smallest absolute Gasteiger partial charge is 0.373 e. The van der Waals surface area contributed by atoms with Crippen LogP contribution in [0.3, 0.4) is 0 Å². The van der Waals surface area contributed by atoms with Crippen molar-refractivity contribution in [2.75, 3.05) is 40.3 Å². The van der Waals surface area contributed by atoms with Crippen LogP contribution in [0.1, 0.15) is 36.1 Å². The van der Waals surface area contributed by atoms with E-state index in [2.05, 4.69) is 4.98 Å². The average Bonchev–Trinajstić information content (AvgIpc) is 3.00. The Bertz CT molecular complexity index is 861. The van der Waals surface area contributed by atoms with Crippen molar-refractivity contribution < 1.29 is 22.7 Å². The molecule has 1 fully saturated rings. The molecule has 3 rings (SSSR count). The molecule has 28 heavy (non-hydrogen) atoms. The van der Waals surface area contributed by atoms with E-state index in [0.29, 0.717) is 37.3 Å². The maximum Gasteiger partial charge on any atom is 0.449 e. The molecule has 2 aromatic rings. The first-order valence-electron chi connectivity index (χ1n) is 9.22. The van der Waals surface area contributed by atoms with Crippen molar-refractivity contribution in [1.29, 1.82) is 0 Å². The summed E-state index contributed by atoms with van der Waals surface area (Å²) in [6.45, 7) is 5.38. The summed E-state index contributed by atoms with van der Waals surface area (Å²) >= 11 is 0. The van der Waals surface area contributed by atoms with Crippen LogP contribution in [0.15, 0.2) is 18.2 Å². The molecule has 0 N–H and O–H groups in total. The maximum absolute atomic E-state index is 13.4. The zero-order chi connectivity index (χ0) is 20.6. The van der Waals surface area contributed by atoms with Crippen LogP contribution in [0.25, 0.3) is 11.0 Å². The normalized spacial score (nSPS) is 18.5. The highest BCUT2D eigenvalue weighted by Gasteiger charge is 2.38. The number of imidazole rings is 1. The molecule has 6 nitrogen and oxygen atoms in total.